The lowest BCUT2D eigenvalue weighted by atomic mass is 10.0. The van der Waals surface area contributed by atoms with Gasteiger partial charge in [0, 0.05) is 19.6 Å². The lowest BCUT2D eigenvalue weighted by molar-refractivity contribution is 0.109. The van der Waals surface area contributed by atoms with Gasteiger partial charge in [-0.3, -0.25) is 5.32 Å². The fraction of sp³-hybridized carbons (Fsp3) is 0.923. The van der Waals surface area contributed by atoms with Gasteiger partial charge in [0.05, 0.1) is 6.07 Å². The molecule has 0 amide bonds. The molecule has 0 heterocycles. The van der Waals surface area contributed by atoms with Crippen LogP contribution in [0.2, 0.25) is 0 Å². The van der Waals surface area contributed by atoms with Crippen molar-refractivity contribution in [2.75, 3.05) is 19.8 Å². The van der Waals surface area contributed by atoms with Crippen LogP contribution < -0.4 is 5.32 Å². The molecule has 0 saturated carbocycles. The molecule has 1 unspecified atom stereocenters. The molecule has 0 aromatic rings. The van der Waals surface area contributed by atoms with E-state index in [-0.39, 0.29) is 0 Å². The van der Waals surface area contributed by atoms with E-state index in [4.69, 9.17) is 10.00 Å². The second-order valence-corrected chi connectivity index (χ2v) is 4.92. The van der Waals surface area contributed by atoms with Gasteiger partial charge < -0.3 is 4.74 Å². The third-order valence-corrected chi connectivity index (χ3v) is 2.60. The molecule has 16 heavy (non-hydrogen) atoms. The predicted octanol–water partition coefficient (Wildman–Crippen LogP) is 2.72. The highest BCUT2D eigenvalue weighted by atomic mass is 16.5. The summed E-state index contributed by atoms with van der Waals surface area (Å²) in [6.07, 6.45) is 2.89. The number of nitriles is 1. The molecule has 0 spiro atoms. The van der Waals surface area contributed by atoms with Gasteiger partial charge in [0.15, 0.2) is 0 Å². The van der Waals surface area contributed by atoms with Crippen molar-refractivity contribution in [3.63, 3.8) is 0 Å². The van der Waals surface area contributed by atoms with Gasteiger partial charge >= 0.3 is 0 Å². The second-order valence-electron chi connectivity index (χ2n) is 4.92. The van der Waals surface area contributed by atoms with Crippen LogP contribution in [0.3, 0.4) is 0 Å². The Kier molecular flexibility index (Phi) is 8.23. The minimum Gasteiger partial charge on any atom is -0.381 e. The van der Waals surface area contributed by atoms with Crippen molar-refractivity contribution in [3.8, 4) is 6.07 Å². The highest BCUT2D eigenvalue weighted by molar-refractivity contribution is 5.03. The van der Waals surface area contributed by atoms with Gasteiger partial charge in [-0.2, -0.15) is 5.26 Å². The zero-order chi connectivity index (χ0) is 12.4. The highest BCUT2D eigenvalue weighted by Gasteiger charge is 2.21. The maximum atomic E-state index is 9.09. The third kappa shape index (κ3) is 7.67. The van der Waals surface area contributed by atoms with E-state index in [1.165, 1.54) is 0 Å². The maximum absolute atomic E-state index is 9.09. The lowest BCUT2D eigenvalue weighted by Crippen LogP contribution is -2.42. The Morgan fingerprint density at radius 1 is 1.38 bits per heavy atom. The van der Waals surface area contributed by atoms with E-state index in [2.05, 4.69) is 32.2 Å². The Balaban J connectivity index is 3.66. The van der Waals surface area contributed by atoms with Crippen LogP contribution >= 0.6 is 0 Å². The third-order valence-electron chi connectivity index (χ3n) is 2.60. The van der Waals surface area contributed by atoms with Crippen LogP contribution in [0.15, 0.2) is 0 Å². The van der Waals surface area contributed by atoms with Crippen LogP contribution in [0.4, 0.5) is 0 Å². The molecule has 94 valence electrons. The first kappa shape index (κ1) is 15.4. The number of rotatable bonds is 9. The van der Waals surface area contributed by atoms with Gasteiger partial charge in [0.25, 0.3) is 0 Å². The van der Waals surface area contributed by atoms with Crippen molar-refractivity contribution in [3.05, 3.63) is 0 Å². The van der Waals surface area contributed by atoms with Gasteiger partial charge in [-0.15, -0.1) is 0 Å². The molecule has 0 rings (SSSR count). The number of nitrogens with zero attached hydrogens (tertiary/aromatic N) is 1. The molecule has 0 aromatic carbocycles. The summed E-state index contributed by atoms with van der Waals surface area (Å²) in [7, 11) is 0. The van der Waals surface area contributed by atoms with E-state index in [9.17, 15) is 0 Å². The summed E-state index contributed by atoms with van der Waals surface area (Å²) in [6.45, 7) is 10.8. The van der Waals surface area contributed by atoms with Crippen molar-refractivity contribution in [2.24, 2.45) is 5.92 Å². The summed E-state index contributed by atoms with van der Waals surface area (Å²) in [5.41, 5.74) is -0.437. The molecule has 0 saturated heterocycles. The second kappa shape index (κ2) is 8.55. The fourth-order valence-electron chi connectivity index (χ4n) is 1.28. The van der Waals surface area contributed by atoms with Crippen molar-refractivity contribution in [2.45, 2.75) is 52.5 Å². The Bertz CT molecular complexity index is 210. The largest absolute Gasteiger partial charge is 0.381 e. The van der Waals surface area contributed by atoms with Crippen molar-refractivity contribution in [1.82, 2.24) is 5.32 Å². The first-order valence-corrected chi connectivity index (χ1v) is 6.28. The molecule has 0 aliphatic carbocycles. The zero-order valence-electron chi connectivity index (χ0n) is 11.2. The van der Waals surface area contributed by atoms with E-state index < -0.39 is 5.54 Å². The summed E-state index contributed by atoms with van der Waals surface area (Å²) >= 11 is 0. The maximum Gasteiger partial charge on any atom is 0.106 e. The lowest BCUT2D eigenvalue weighted by Gasteiger charge is -2.22. The summed E-state index contributed by atoms with van der Waals surface area (Å²) < 4.78 is 5.53. The molecule has 3 heteroatoms. The Morgan fingerprint density at radius 3 is 2.56 bits per heavy atom. The smallest absolute Gasteiger partial charge is 0.106 e. The summed E-state index contributed by atoms with van der Waals surface area (Å²) in [4.78, 5) is 0. The topological polar surface area (TPSA) is 45.0 Å². The summed E-state index contributed by atoms with van der Waals surface area (Å²) in [6, 6.07) is 2.32. The van der Waals surface area contributed by atoms with Crippen LogP contribution in [0, 0.1) is 17.2 Å². The monoisotopic (exact) mass is 226 g/mol. The van der Waals surface area contributed by atoms with Gasteiger partial charge in [0.1, 0.15) is 5.54 Å². The number of hydrogen-bond donors (Lipinski definition) is 1. The Hall–Kier alpha value is -0.590. The van der Waals surface area contributed by atoms with Crippen LogP contribution in [0.25, 0.3) is 0 Å². The SMILES string of the molecule is CCCNC(C)(C#N)CCOCCC(C)C. The Morgan fingerprint density at radius 2 is 2.06 bits per heavy atom. The predicted molar refractivity (Wildman–Crippen MR) is 67.2 cm³/mol. The van der Waals surface area contributed by atoms with Gasteiger partial charge in [-0.1, -0.05) is 20.8 Å². The normalized spacial score (nSPS) is 14.8. The fourth-order valence-corrected chi connectivity index (χ4v) is 1.28. The number of ether oxygens (including phenoxy) is 1. The molecule has 0 aromatic heterocycles. The van der Waals surface area contributed by atoms with E-state index >= 15 is 0 Å². The van der Waals surface area contributed by atoms with Crippen molar-refractivity contribution < 1.29 is 4.74 Å². The van der Waals surface area contributed by atoms with E-state index in [1.54, 1.807) is 0 Å². The van der Waals surface area contributed by atoms with Crippen LogP contribution in [0.1, 0.15) is 47.0 Å². The number of nitrogens with one attached hydrogen (secondary N) is 1. The quantitative estimate of drug-likeness (QED) is 0.615. The van der Waals surface area contributed by atoms with E-state index in [0.29, 0.717) is 12.5 Å². The molecule has 1 N–H and O–H groups in total. The first-order chi connectivity index (χ1) is 7.54. The van der Waals surface area contributed by atoms with Crippen LogP contribution in [0.5, 0.6) is 0 Å². The molecule has 0 radical (unpaired) electrons. The van der Waals surface area contributed by atoms with Gasteiger partial charge in [0.2, 0.25) is 0 Å². The molecule has 0 bridgehead atoms. The highest BCUT2D eigenvalue weighted by Crippen LogP contribution is 2.09. The molecule has 0 fully saturated rings. The van der Waals surface area contributed by atoms with E-state index in [1.807, 2.05) is 6.92 Å². The molecule has 0 aliphatic heterocycles. The van der Waals surface area contributed by atoms with Crippen molar-refractivity contribution >= 4 is 0 Å². The average molecular weight is 226 g/mol. The zero-order valence-corrected chi connectivity index (χ0v) is 11.2. The Labute approximate surface area is 100 Å². The molecule has 3 nitrogen and oxygen atoms in total. The van der Waals surface area contributed by atoms with Gasteiger partial charge in [-0.25, -0.2) is 0 Å². The summed E-state index contributed by atoms with van der Waals surface area (Å²) in [5, 5.41) is 12.3. The molecule has 0 aliphatic rings. The summed E-state index contributed by atoms with van der Waals surface area (Å²) in [5.74, 6) is 0.681. The number of hydrogen-bond acceptors (Lipinski definition) is 3. The molecular formula is C13H26N2O. The van der Waals surface area contributed by atoms with Crippen molar-refractivity contribution in [1.29, 1.82) is 5.26 Å². The minimum absolute atomic E-state index is 0.437. The van der Waals surface area contributed by atoms with Gasteiger partial charge in [-0.05, 0) is 32.2 Å². The van der Waals surface area contributed by atoms with Crippen LogP contribution in [-0.2, 0) is 4.74 Å². The molecular weight excluding hydrogens is 200 g/mol. The van der Waals surface area contributed by atoms with E-state index in [0.717, 1.165) is 32.4 Å². The average Bonchev–Trinajstić information content (AvgIpc) is 2.25. The molecule has 1 atom stereocenters. The van der Waals surface area contributed by atoms with Crippen LogP contribution in [-0.4, -0.2) is 25.3 Å². The minimum atomic E-state index is -0.437. The first-order valence-electron chi connectivity index (χ1n) is 6.28. The standard InChI is InChI=1S/C13H26N2O/c1-5-8-15-13(4,11-14)7-10-16-9-6-12(2)3/h12,15H,5-10H2,1-4H3.